The predicted molar refractivity (Wildman–Crippen MR) is 94.1 cm³/mol. The molecule has 24 heavy (non-hydrogen) atoms. The van der Waals surface area contributed by atoms with Crippen LogP contribution in [0.3, 0.4) is 0 Å². The Bertz CT molecular complexity index is 942. The summed E-state index contributed by atoms with van der Waals surface area (Å²) in [5.41, 5.74) is 1.64. The van der Waals surface area contributed by atoms with Gasteiger partial charge in [-0.1, -0.05) is 12.1 Å². The second-order valence-electron chi connectivity index (χ2n) is 4.90. The van der Waals surface area contributed by atoms with E-state index in [4.69, 9.17) is 5.26 Å². The minimum atomic E-state index is 0.0654. The van der Waals surface area contributed by atoms with E-state index in [2.05, 4.69) is 20.3 Å². The first-order chi connectivity index (χ1) is 11.7. The van der Waals surface area contributed by atoms with Crippen molar-refractivity contribution >= 4 is 29.4 Å². The number of hydrogen-bond donors (Lipinski definition) is 2. The van der Waals surface area contributed by atoms with E-state index in [0.29, 0.717) is 17.2 Å². The Labute approximate surface area is 142 Å². The number of nitriles is 1. The number of aryl methyl sites for hydroxylation is 1. The summed E-state index contributed by atoms with van der Waals surface area (Å²) in [5, 5.41) is 23.2. The molecule has 2 aromatic heterocycles. The number of phenols is 1. The van der Waals surface area contributed by atoms with Gasteiger partial charge in [0.15, 0.2) is 17.8 Å². The maximum atomic E-state index is 9.99. The predicted octanol–water partition coefficient (Wildman–Crippen LogP) is 3.68. The van der Waals surface area contributed by atoms with Gasteiger partial charge in [-0.05, 0) is 48.2 Å². The van der Waals surface area contributed by atoms with Crippen LogP contribution in [0, 0.1) is 18.4 Å². The minimum Gasteiger partial charge on any atom is -0.507 e. The average molecular weight is 335 g/mol. The number of aromatic nitrogens is 3. The summed E-state index contributed by atoms with van der Waals surface area (Å²) < 4.78 is 0. The molecule has 0 bridgehead atoms. The Hall–Kier alpha value is -3.24. The topological polar surface area (TPSA) is 94.7 Å². The molecule has 0 atom stereocenters. The number of aromatic hydroxyl groups is 1. The van der Waals surface area contributed by atoms with Gasteiger partial charge >= 0.3 is 0 Å². The number of nitrogens with one attached hydrogen (secondary N) is 1. The number of benzene rings is 1. The van der Waals surface area contributed by atoms with E-state index in [1.165, 1.54) is 5.56 Å². The van der Waals surface area contributed by atoms with Crippen LogP contribution in [0.1, 0.15) is 16.3 Å². The van der Waals surface area contributed by atoms with Crippen molar-refractivity contribution in [2.75, 3.05) is 5.32 Å². The molecule has 0 aliphatic heterocycles. The molecule has 7 heteroatoms. The first kappa shape index (κ1) is 15.6. The minimum absolute atomic E-state index is 0.0654. The molecule has 0 aliphatic rings. The molecule has 0 amide bonds. The van der Waals surface area contributed by atoms with E-state index in [-0.39, 0.29) is 11.7 Å². The first-order valence-corrected chi connectivity index (χ1v) is 7.97. The van der Waals surface area contributed by atoms with Gasteiger partial charge in [0.1, 0.15) is 5.75 Å². The van der Waals surface area contributed by atoms with Gasteiger partial charge in [0.25, 0.3) is 0 Å². The Morgan fingerprint density at radius 3 is 2.71 bits per heavy atom. The van der Waals surface area contributed by atoms with Crippen LogP contribution in [0.4, 0.5) is 5.95 Å². The molecule has 3 rings (SSSR count). The van der Waals surface area contributed by atoms with Crippen molar-refractivity contribution in [3.63, 3.8) is 0 Å². The molecule has 0 radical (unpaired) electrons. The summed E-state index contributed by atoms with van der Waals surface area (Å²) in [5.74, 6) is 0.890. The van der Waals surface area contributed by atoms with E-state index in [0.717, 1.165) is 4.88 Å². The van der Waals surface area contributed by atoms with E-state index < -0.39 is 0 Å². The molecule has 0 saturated carbocycles. The molecule has 1 aromatic carbocycles. The Morgan fingerprint density at radius 2 is 2.00 bits per heavy atom. The third-order valence-corrected chi connectivity index (χ3v) is 4.24. The largest absolute Gasteiger partial charge is 0.507 e. The summed E-state index contributed by atoms with van der Waals surface area (Å²) in [4.78, 5) is 13.8. The molecule has 6 nitrogen and oxygen atoms in total. The Morgan fingerprint density at radius 1 is 1.17 bits per heavy atom. The Kier molecular flexibility index (Phi) is 4.50. The quantitative estimate of drug-likeness (QED) is 0.558. The van der Waals surface area contributed by atoms with Crippen molar-refractivity contribution in [2.45, 2.75) is 6.92 Å². The van der Waals surface area contributed by atoms with Crippen molar-refractivity contribution in [1.82, 2.24) is 15.0 Å². The molecular formula is C17H13N5OS. The van der Waals surface area contributed by atoms with E-state index in [1.807, 2.05) is 24.4 Å². The number of anilines is 1. The van der Waals surface area contributed by atoms with Crippen LogP contribution in [0.25, 0.3) is 23.5 Å². The highest BCUT2D eigenvalue weighted by Gasteiger charge is 2.10. The summed E-state index contributed by atoms with van der Waals surface area (Å²) in [6.07, 6.45) is 5.47. The maximum Gasteiger partial charge on any atom is 0.240 e. The molecular weight excluding hydrogens is 322 g/mol. The molecule has 0 aliphatic carbocycles. The average Bonchev–Trinajstić information content (AvgIpc) is 2.99. The van der Waals surface area contributed by atoms with E-state index >= 15 is 0 Å². The van der Waals surface area contributed by atoms with Gasteiger partial charge in [0.2, 0.25) is 5.95 Å². The zero-order valence-corrected chi connectivity index (χ0v) is 13.6. The molecule has 0 unspecified atom stereocenters. The van der Waals surface area contributed by atoms with Gasteiger partial charge in [0.05, 0.1) is 5.56 Å². The highest BCUT2D eigenvalue weighted by molar-refractivity contribution is 7.11. The first-order valence-electron chi connectivity index (χ1n) is 7.09. The second kappa shape index (κ2) is 6.89. The number of nitrogens with zero attached hydrogens (tertiary/aromatic N) is 4. The van der Waals surface area contributed by atoms with E-state index in [9.17, 15) is 5.11 Å². The van der Waals surface area contributed by atoms with Crippen LogP contribution >= 0.6 is 11.3 Å². The molecule has 3 aromatic rings. The van der Waals surface area contributed by atoms with Gasteiger partial charge in [-0.3, -0.25) is 5.32 Å². The van der Waals surface area contributed by atoms with Crippen LogP contribution < -0.4 is 5.32 Å². The van der Waals surface area contributed by atoms with Crippen LogP contribution in [-0.2, 0) is 0 Å². The number of para-hydroxylation sites is 1. The molecule has 118 valence electrons. The van der Waals surface area contributed by atoms with Gasteiger partial charge in [0, 0.05) is 4.88 Å². The lowest BCUT2D eigenvalue weighted by molar-refractivity contribution is 0.477. The lowest BCUT2D eigenvalue weighted by Crippen LogP contribution is -2.02. The molecule has 2 heterocycles. The smallest absolute Gasteiger partial charge is 0.240 e. The number of thiophene rings is 1. The normalized spacial score (nSPS) is 10.7. The summed E-state index contributed by atoms with van der Waals surface area (Å²) in [6.45, 7) is 2.03. The number of phenolic OH excluding ortho intramolecular Hbond substituents is 1. The third-order valence-electron chi connectivity index (χ3n) is 3.25. The molecule has 0 fully saturated rings. The van der Waals surface area contributed by atoms with E-state index in [1.54, 1.807) is 47.9 Å². The lowest BCUT2D eigenvalue weighted by Gasteiger charge is -2.05. The van der Waals surface area contributed by atoms with Gasteiger partial charge in [-0.2, -0.15) is 15.2 Å². The number of hydrogen-bond acceptors (Lipinski definition) is 7. The molecule has 0 saturated heterocycles. The fourth-order valence-corrected chi connectivity index (χ4v) is 2.88. The van der Waals surface area contributed by atoms with Crippen molar-refractivity contribution in [3.8, 4) is 23.3 Å². The van der Waals surface area contributed by atoms with Gasteiger partial charge in [-0.15, -0.1) is 11.3 Å². The summed E-state index contributed by atoms with van der Waals surface area (Å²) >= 11 is 1.62. The highest BCUT2D eigenvalue weighted by atomic mass is 32.1. The summed E-state index contributed by atoms with van der Waals surface area (Å²) in [6, 6.07) is 8.79. The van der Waals surface area contributed by atoms with Crippen molar-refractivity contribution < 1.29 is 5.11 Å². The fourth-order valence-electron chi connectivity index (χ4n) is 2.06. The monoisotopic (exact) mass is 335 g/mol. The molecule has 2 N–H and O–H groups in total. The lowest BCUT2D eigenvalue weighted by atomic mass is 10.2. The standard InChI is InChI=1S/C17H13N5OS/c1-11-8-9-24-14(11)6-7-15-20-16(22-17(21-15)19-10-18)12-4-2-3-5-13(12)23/h2-9,23H,1H3,(H,19,20,21,22)/b7-6+. The van der Waals surface area contributed by atoms with Crippen molar-refractivity contribution in [2.24, 2.45) is 0 Å². The van der Waals surface area contributed by atoms with Crippen molar-refractivity contribution in [3.05, 3.63) is 52.0 Å². The van der Waals surface area contributed by atoms with Crippen LogP contribution in [0.5, 0.6) is 5.75 Å². The zero-order chi connectivity index (χ0) is 16.9. The SMILES string of the molecule is Cc1ccsc1/C=C/c1nc(NC#N)nc(-c2ccccc2O)n1. The zero-order valence-electron chi connectivity index (χ0n) is 12.8. The Balaban J connectivity index is 2.04. The van der Waals surface area contributed by atoms with Crippen LogP contribution in [0.2, 0.25) is 0 Å². The van der Waals surface area contributed by atoms with Crippen molar-refractivity contribution in [1.29, 1.82) is 5.26 Å². The molecule has 0 spiro atoms. The van der Waals surface area contributed by atoms with Crippen LogP contribution in [-0.4, -0.2) is 20.1 Å². The third kappa shape index (κ3) is 3.39. The van der Waals surface area contributed by atoms with Crippen LogP contribution in [0.15, 0.2) is 35.7 Å². The second-order valence-corrected chi connectivity index (χ2v) is 5.84. The van der Waals surface area contributed by atoms with Gasteiger partial charge < -0.3 is 5.11 Å². The number of rotatable bonds is 4. The summed E-state index contributed by atoms with van der Waals surface area (Å²) in [7, 11) is 0. The fraction of sp³-hybridized carbons (Fsp3) is 0.0588. The highest BCUT2D eigenvalue weighted by Crippen LogP contribution is 2.26. The van der Waals surface area contributed by atoms with Gasteiger partial charge in [-0.25, -0.2) is 4.98 Å². The maximum absolute atomic E-state index is 9.99.